The summed E-state index contributed by atoms with van der Waals surface area (Å²) >= 11 is 3.42. The number of amides is 1. The van der Waals surface area contributed by atoms with E-state index >= 15 is 0 Å². The molecule has 0 spiro atoms. The predicted molar refractivity (Wildman–Crippen MR) is 106 cm³/mol. The van der Waals surface area contributed by atoms with Crippen LogP contribution in [0.1, 0.15) is 21.6 Å². The first-order valence-electron chi connectivity index (χ1n) is 8.17. The summed E-state index contributed by atoms with van der Waals surface area (Å²) < 4.78 is 2.76. The Kier molecular flexibility index (Phi) is 5.37. The minimum atomic E-state index is -0.153. The number of hydrogen-bond donors (Lipinski definition) is 1. The first-order chi connectivity index (χ1) is 12.5. The third-order valence-corrected chi connectivity index (χ3v) is 4.58. The number of pyridine rings is 1. The van der Waals surface area contributed by atoms with Crippen molar-refractivity contribution in [3.05, 3.63) is 70.1 Å². The third-order valence-electron chi connectivity index (χ3n) is 4.06. The summed E-state index contributed by atoms with van der Waals surface area (Å²) in [4.78, 5) is 18.9. The van der Waals surface area contributed by atoms with Crippen molar-refractivity contribution >= 4 is 27.7 Å². The lowest BCUT2D eigenvalue weighted by molar-refractivity contribution is 0.0950. The van der Waals surface area contributed by atoms with E-state index < -0.39 is 0 Å². The third kappa shape index (κ3) is 3.77. The van der Waals surface area contributed by atoms with Gasteiger partial charge in [-0.1, -0.05) is 22.0 Å². The Morgan fingerprint density at radius 2 is 1.96 bits per heavy atom. The Balaban J connectivity index is 1.76. The molecule has 7 heteroatoms. The highest BCUT2D eigenvalue weighted by Gasteiger charge is 2.16. The minimum Gasteiger partial charge on any atom is -0.362 e. The van der Waals surface area contributed by atoms with Gasteiger partial charge in [0.1, 0.15) is 5.82 Å². The molecule has 3 rings (SSSR count). The number of nitrogens with one attached hydrogen (secondary N) is 1. The van der Waals surface area contributed by atoms with E-state index in [1.54, 1.807) is 17.1 Å². The molecule has 0 saturated heterocycles. The second-order valence-corrected chi connectivity index (χ2v) is 7.01. The molecular formula is C19H20BrN5O. The molecule has 2 heterocycles. The van der Waals surface area contributed by atoms with Crippen molar-refractivity contribution in [1.29, 1.82) is 0 Å². The maximum atomic E-state index is 12.6. The Labute approximate surface area is 161 Å². The van der Waals surface area contributed by atoms with Crippen molar-refractivity contribution in [3.8, 4) is 5.69 Å². The van der Waals surface area contributed by atoms with E-state index in [0.717, 1.165) is 27.2 Å². The molecule has 1 amide bonds. The lowest BCUT2D eigenvalue weighted by atomic mass is 10.2. The van der Waals surface area contributed by atoms with Crippen LogP contribution in [0, 0.1) is 6.92 Å². The molecule has 0 aliphatic rings. The van der Waals surface area contributed by atoms with Gasteiger partial charge in [-0.25, -0.2) is 9.67 Å². The van der Waals surface area contributed by atoms with Gasteiger partial charge in [-0.2, -0.15) is 5.10 Å². The Hall–Kier alpha value is -2.67. The lowest BCUT2D eigenvalue weighted by Crippen LogP contribution is -2.25. The SMILES string of the molecule is Cc1c(C(=O)NCc2cccnc2N(C)C)cnn1-c1ccc(Br)cc1. The molecule has 1 N–H and O–H groups in total. The minimum absolute atomic E-state index is 0.153. The van der Waals surface area contributed by atoms with Gasteiger partial charge < -0.3 is 10.2 Å². The van der Waals surface area contributed by atoms with Crippen LogP contribution in [0.3, 0.4) is 0 Å². The van der Waals surface area contributed by atoms with Crippen molar-refractivity contribution in [1.82, 2.24) is 20.1 Å². The van der Waals surface area contributed by atoms with Crippen LogP contribution >= 0.6 is 15.9 Å². The molecule has 2 aromatic heterocycles. The van der Waals surface area contributed by atoms with Crippen LogP contribution in [-0.4, -0.2) is 34.8 Å². The fourth-order valence-electron chi connectivity index (χ4n) is 2.72. The molecule has 6 nitrogen and oxygen atoms in total. The number of nitrogens with zero attached hydrogens (tertiary/aromatic N) is 4. The molecule has 0 fully saturated rings. The van der Waals surface area contributed by atoms with Gasteiger partial charge in [0.25, 0.3) is 5.91 Å². The maximum Gasteiger partial charge on any atom is 0.255 e. The van der Waals surface area contributed by atoms with Crippen LogP contribution < -0.4 is 10.2 Å². The summed E-state index contributed by atoms with van der Waals surface area (Å²) in [5.41, 5.74) is 3.22. The molecule has 0 saturated carbocycles. The summed E-state index contributed by atoms with van der Waals surface area (Å²) in [6.45, 7) is 2.29. The van der Waals surface area contributed by atoms with Crippen molar-refractivity contribution in [2.24, 2.45) is 0 Å². The predicted octanol–water partition coefficient (Wildman–Crippen LogP) is 3.33. The lowest BCUT2D eigenvalue weighted by Gasteiger charge is -2.16. The first kappa shape index (κ1) is 18.1. The van der Waals surface area contributed by atoms with E-state index in [2.05, 4.69) is 31.3 Å². The second-order valence-electron chi connectivity index (χ2n) is 6.10. The van der Waals surface area contributed by atoms with Crippen molar-refractivity contribution in [3.63, 3.8) is 0 Å². The number of rotatable bonds is 5. The monoisotopic (exact) mass is 413 g/mol. The van der Waals surface area contributed by atoms with Crippen molar-refractivity contribution in [2.45, 2.75) is 13.5 Å². The van der Waals surface area contributed by atoms with E-state index in [0.29, 0.717) is 12.1 Å². The van der Waals surface area contributed by atoms with Crippen LogP contribution in [0.2, 0.25) is 0 Å². The van der Waals surface area contributed by atoms with Gasteiger partial charge in [0.15, 0.2) is 0 Å². The van der Waals surface area contributed by atoms with Gasteiger partial charge in [0, 0.05) is 36.9 Å². The Morgan fingerprint density at radius 1 is 1.23 bits per heavy atom. The molecule has 134 valence electrons. The average Bonchev–Trinajstić information content (AvgIpc) is 3.02. The standard InChI is InChI=1S/C19H20BrN5O/c1-13-17(12-23-25(13)16-8-6-15(20)7-9-16)19(26)22-11-14-5-4-10-21-18(14)24(2)3/h4-10,12H,11H2,1-3H3,(H,22,26). The fourth-order valence-corrected chi connectivity index (χ4v) is 2.98. The van der Waals surface area contributed by atoms with Gasteiger partial charge in [-0.15, -0.1) is 0 Å². The summed E-state index contributed by atoms with van der Waals surface area (Å²) in [5.74, 6) is 0.689. The molecule has 3 aromatic rings. The molecule has 0 radical (unpaired) electrons. The van der Waals surface area contributed by atoms with Gasteiger partial charge >= 0.3 is 0 Å². The highest BCUT2D eigenvalue weighted by atomic mass is 79.9. The van der Waals surface area contributed by atoms with Crippen molar-refractivity contribution in [2.75, 3.05) is 19.0 Å². The van der Waals surface area contributed by atoms with Gasteiger partial charge in [0.05, 0.1) is 23.1 Å². The number of aromatic nitrogens is 3. The van der Waals surface area contributed by atoms with Crippen LogP contribution in [0.15, 0.2) is 53.3 Å². The number of carbonyl (C=O) groups is 1. The highest BCUT2D eigenvalue weighted by Crippen LogP contribution is 2.18. The second kappa shape index (κ2) is 7.70. The van der Waals surface area contributed by atoms with Crippen molar-refractivity contribution < 1.29 is 4.79 Å². The number of anilines is 1. The molecule has 1 aromatic carbocycles. The first-order valence-corrected chi connectivity index (χ1v) is 8.96. The summed E-state index contributed by atoms with van der Waals surface area (Å²) in [6.07, 6.45) is 3.34. The summed E-state index contributed by atoms with van der Waals surface area (Å²) in [7, 11) is 3.86. The number of halogens is 1. The molecule has 0 atom stereocenters. The Bertz CT molecular complexity index is 918. The van der Waals surface area contributed by atoms with Gasteiger partial charge in [0.2, 0.25) is 0 Å². The fraction of sp³-hybridized carbons (Fsp3) is 0.211. The normalized spacial score (nSPS) is 10.6. The van der Waals surface area contributed by atoms with Crippen LogP contribution in [0.5, 0.6) is 0 Å². The van der Waals surface area contributed by atoms with Gasteiger partial charge in [-0.05, 0) is 37.3 Å². The largest absolute Gasteiger partial charge is 0.362 e. The Morgan fingerprint density at radius 3 is 2.65 bits per heavy atom. The molecular weight excluding hydrogens is 394 g/mol. The van der Waals surface area contributed by atoms with Crippen LogP contribution in [-0.2, 0) is 6.54 Å². The topological polar surface area (TPSA) is 63.1 Å². The zero-order valence-corrected chi connectivity index (χ0v) is 16.5. The summed E-state index contributed by atoms with van der Waals surface area (Å²) in [6, 6.07) is 11.6. The van der Waals surface area contributed by atoms with Gasteiger partial charge in [-0.3, -0.25) is 4.79 Å². The van der Waals surface area contributed by atoms with E-state index in [9.17, 15) is 4.79 Å². The highest BCUT2D eigenvalue weighted by molar-refractivity contribution is 9.10. The molecule has 0 aliphatic heterocycles. The van der Waals surface area contributed by atoms with E-state index in [1.807, 2.05) is 62.3 Å². The smallest absolute Gasteiger partial charge is 0.255 e. The maximum absolute atomic E-state index is 12.6. The number of benzene rings is 1. The van der Waals surface area contributed by atoms with E-state index in [-0.39, 0.29) is 5.91 Å². The molecule has 26 heavy (non-hydrogen) atoms. The molecule has 0 aliphatic carbocycles. The quantitative estimate of drug-likeness (QED) is 0.696. The summed E-state index contributed by atoms with van der Waals surface area (Å²) in [5, 5.41) is 7.32. The van der Waals surface area contributed by atoms with Crippen LogP contribution in [0.25, 0.3) is 5.69 Å². The van der Waals surface area contributed by atoms with E-state index in [4.69, 9.17) is 0 Å². The zero-order chi connectivity index (χ0) is 18.7. The molecule has 0 unspecified atom stereocenters. The number of carbonyl (C=O) groups excluding carboxylic acids is 1. The van der Waals surface area contributed by atoms with Crippen LogP contribution in [0.4, 0.5) is 5.82 Å². The van der Waals surface area contributed by atoms with E-state index in [1.165, 1.54) is 0 Å². The molecule has 0 bridgehead atoms. The average molecular weight is 414 g/mol. The number of hydrogen-bond acceptors (Lipinski definition) is 4. The zero-order valence-electron chi connectivity index (χ0n) is 14.9.